The van der Waals surface area contributed by atoms with Gasteiger partial charge in [0.1, 0.15) is 17.8 Å². The van der Waals surface area contributed by atoms with E-state index in [-0.39, 0.29) is 63.2 Å². The summed E-state index contributed by atoms with van der Waals surface area (Å²) in [5, 5.41) is 61.9. The molecule has 250 valence electrons. The van der Waals surface area contributed by atoms with Gasteiger partial charge in [-0.2, -0.15) is 0 Å². The fraction of sp³-hybridized carbons (Fsp3) is 0.556. The van der Waals surface area contributed by atoms with Crippen LogP contribution >= 0.6 is 0 Å². The zero-order valence-corrected chi connectivity index (χ0v) is 24.6. The molecule has 0 aliphatic carbocycles. The van der Waals surface area contributed by atoms with Crippen LogP contribution < -0.4 is 26.6 Å². The Bertz CT molecular complexity index is 1170. The number of nitrogens with one attached hydrogen (secondary N) is 5. The maximum absolute atomic E-state index is 12.9. The van der Waals surface area contributed by atoms with E-state index in [1.54, 1.807) is 0 Å². The van der Waals surface area contributed by atoms with E-state index < -0.39 is 66.9 Å². The van der Waals surface area contributed by atoms with Crippen molar-refractivity contribution in [1.82, 2.24) is 36.7 Å². The van der Waals surface area contributed by atoms with E-state index >= 15 is 0 Å². The second-order valence-electron chi connectivity index (χ2n) is 10.3. The number of para-hydroxylation sites is 1. The van der Waals surface area contributed by atoms with Crippen LogP contribution in [0, 0.1) is 0 Å². The molecule has 1 aromatic rings. The number of amides is 6. The predicted octanol–water partition coefficient (Wildman–Crippen LogP) is -3.45. The summed E-state index contributed by atoms with van der Waals surface area (Å²) in [5.41, 5.74) is -0.120. The Kier molecular flexibility index (Phi) is 15.6. The predicted molar refractivity (Wildman–Crippen MR) is 153 cm³/mol. The topological polar surface area (TPSA) is 270 Å². The largest absolute Gasteiger partial charge is 0.507 e. The van der Waals surface area contributed by atoms with E-state index in [0.29, 0.717) is 23.0 Å². The average molecular weight is 640 g/mol. The highest BCUT2D eigenvalue weighted by Gasteiger charge is 2.29. The molecular formula is C27H41N7O11. The number of hydrogen-bond donors (Lipinski definition) is 10. The van der Waals surface area contributed by atoms with E-state index in [1.807, 2.05) is 0 Å². The smallest absolute Gasteiger partial charge is 0.268 e. The lowest BCUT2D eigenvalue weighted by Gasteiger charge is -2.27. The van der Waals surface area contributed by atoms with Gasteiger partial charge in [0, 0.05) is 32.6 Å². The number of aliphatic hydroxyl groups is 2. The summed E-state index contributed by atoms with van der Waals surface area (Å²) < 4.78 is 0. The van der Waals surface area contributed by atoms with Crippen molar-refractivity contribution in [3.8, 4) is 5.75 Å². The fourth-order valence-electron chi connectivity index (χ4n) is 4.36. The van der Waals surface area contributed by atoms with Crippen molar-refractivity contribution in [2.75, 3.05) is 39.4 Å². The second-order valence-corrected chi connectivity index (χ2v) is 10.3. The average Bonchev–Trinajstić information content (AvgIpc) is 3.02. The van der Waals surface area contributed by atoms with Gasteiger partial charge < -0.3 is 41.9 Å². The molecule has 45 heavy (non-hydrogen) atoms. The normalized spacial score (nSPS) is 16.6. The number of hydrogen-bond acceptors (Lipinski definition) is 12. The summed E-state index contributed by atoms with van der Waals surface area (Å²) >= 11 is 0. The van der Waals surface area contributed by atoms with Crippen LogP contribution in [0.25, 0.3) is 0 Å². The quantitative estimate of drug-likeness (QED) is 0.0402. The number of aliphatic hydroxyl groups excluding tert-OH is 2. The highest BCUT2D eigenvalue weighted by Crippen LogP contribution is 2.15. The van der Waals surface area contributed by atoms with Gasteiger partial charge in [-0.1, -0.05) is 12.1 Å². The first kappa shape index (κ1) is 36.8. The zero-order chi connectivity index (χ0) is 33.4. The first-order valence-corrected chi connectivity index (χ1v) is 14.3. The molecule has 1 fully saturated rings. The Labute approximate surface area is 258 Å². The fourth-order valence-corrected chi connectivity index (χ4v) is 4.36. The van der Waals surface area contributed by atoms with Gasteiger partial charge in [0.25, 0.3) is 11.8 Å². The van der Waals surface area contributed by atoms with Crippen LogP contribution in [0.2, 0.25) is 0 Å². The summed E-state index contributed by atoms with van der Waals surface area (Å²) in [5.74, 6) is -3.71. The van der Waals surface area contributed by atoms with E-state index in [0.717, 1.165) is 0 Å². The number of rotatable bonds is 19. The molecule has 0 aromatic heterocycles. The Morgan fingerprint density at radius 2 is 1.80 bits per heavy atom. The first-order chi connectivity index (χ1) is 21.5. The summed E-state index contributed by atoms with van der Waals surface area (Å²) in [6.45, 7) is -1.58. The van der Waals surface area contributed by atoms with Gasteiger partial charge in [-0.3, -0.25) is 39.2 Å². The SMILES string of the molecule is O=CN(O)CCC[C@@H](NC[C@@H](CO)NC(=O)[C@H](CO)NC(=O)c1ccccc1O)C(=O)NCCC(=O)NC1CCCN(O)C1=O. The van der Waals surface area contributed by atoms with E-state index in [9.17, 15) is 54.5 Å². The van der Waals surface area contributed by atoms with Crippen molar-refractivity contribution in [2.45, 2.75) is 56.3 Å². The molecule has 0 saturated carbocycles. The third-order valence-corrected chi connectivity index (χ3v) is 6.85. The molecule has 1 aliphatic rings. The number of carbonyl (C=O) groups is 6. The maximum Gasteiger partial charge on any atom is 0.268 e. The molecule has 2 rings (SSSR count). The van der Waals surface area contributed by atoms with Crippen molar-refractivity contribution in [3.63, 3.8) is 0 Å². The minimum Gasteiger partial charge on any atom is -0.507 e. The van der Waals surface area contributed by atoms with Gasteiger partial charge in [-0.25, -0.2) is 10.1 Å². The van der Waals surface area contributed by atoms with Crippen LogP contribution in [0.3, 0.4) is 0 Å². The number of hydroxylamine groups is 4. The Hall–Kier alpha value is -4.36. The van der Waals surface area contributed by atoms with E-state index in [1.165, 1.54) is 24.3 Å². The number of phenols is 1. The van der Waals surface area contributed by atoms with Gasteiger partial charge in [0.05, 0.1) is 30.9 Å². The lowest BCUT2D eigenvalue weighted by Crippen LogP contribution is -2.56. The minimum absolute atomic E-state index is 0.0911. The van der Waals surface area contributed by atoms with Crippen LogP contribution in [0.15, 0.2) is 24.3 Å². The molecule has 18 heteroatoms. The number of aromatic hydroxyl groups is 1. The van der Waals surface area contributed by atoms with Gasteiger partial charge in [-0.15, -0.1) is 0 Å². The molecule has 1 unspecified atom stereocenters. The highest BCUT2D eigenvalue weighted by atomic mass is 16.5. The van der Waals surface area contributed by atoms with Crippen LogP contribution in [0.4, 0.5) is 0 Å². The summed E-state index contributed by atoms with van der Waals surface area (Å²) in [6.07, 6.45) is 1.16. The van der Waals surface area contributed by atoms with Crippen LogP contribution in [0.5, 0.6) is 5.75 Å². The van der Waals surface area contributed by atoms with Crippen LogP contribution in [0.1, 0.15) is 42.5 Å². The minimum atomic E-state index is -1.43. The Morgan fingerprint density at radius 1 is 1.07 bits per heavy atom. The van der Waals surface area contributed by atoms with Crippen molar-refractivity contribution < 1.29 is 54.5 Å². The molecule has 6 amide bonds. The third-order valence-electron chi connectivity index (χ3n) is 6.85. The van der Waals surface area contributed by atoms with Gasteiger partial charge in [0.15, 0.2) is 0 Å². The number of carbonyl (C=O) groups excluding carboxylic acids is 6. The number of benzene rings is 1. The lowest BCUT2D eigenvalue weighted by atomic mass is 10.1. The van der Waals surface area contributed by atoms with Crippen molar-refractivity contribution in [2.24, 2.45) is 0 Å². The third kappa shape index (κ3) is 12.3. The Balaban J connectivity index is 1.92. The Morgan fingerprint density at radius 3 is 2.47 bits per heavy atom. The summed E-state index contributed by atoms with van der Waals surface area (Å²) in [6, 6.07) is 1.35. The second kappa shape index (κ2) is 19.1. The molecule has 18 nitrogen and oxygen atoms in total. The molecule has 0 bridgehead atoms. The molecule has 1 aliphatic heterocycles. The first-order valence-electron chi connectivity index (χ1n) is 14.3. The molecule has 0 radical (unpaired) electrons. The number of nitrogens with zero attached hydrogens (tertiary/aromatic N) is 2. The van der Waals surface area contributed by atoms with Gasteiger partial charge in [0.2, 0.25) is 24.1 Å². The molecular weight excluding hydrogens is 598 g/mol. The molecule has 0 spiro atoms. The van der Waals surface area contributed by atoms with E-state index in [4.69, 9.17) is 0 Å². The number of piperidine rings is 1. The molecule has 1 heterocycles. The lowest BCUT2D eigenvalue weighted by molar-refractivity contribution is -0.173. The van der Waals surface area contributed by atoms with Crippen LogP contribution in [-0.4, -0.2) is 135 Å². The van der Waals surface area contributed by atoms with Crippen molar-refractivity contribution in [1.29, 1.82) is 0 Å². The molecule has 1 saturated heterocycles. The summed E-state index contributed by atoms with van der Waals surface area (Å²) in [7, 11) is 0. The van der Waals surface area contributed by atoms with Crippen LogP contribution in [-0.2, 0) is 24.0 Å². The van der Waals surface area contributed by atoms with Gasteiger partial charge in [-0.05, 0) is 37.8 Å². The van der Waals surface area contributed by atoms with Crippen molar-refractivity contribution >= 4 is 35.9 Å². The molecule has 1 aromatic carbocycles. The standard InChI is InChI=1S/C27H41N7O11/c35-14-17(30-26(42)21(15-36)32-24(40)18-5-1-2-8-22(18)38)13-29-19(6-3-11-33(44)16-37)25(41)28-10-9-23(39)31-20-7-4-12-34(45)27(20)43/h1-2,5,8,16-17,19-21,29,35-36,38,44-45H,3-4,6-7,9-15H2,(H,28,41)(H,30,42)(H,31,39)(H,32,40)/t17-,19+,20?,21-/m0/s1. The monoisotopic (exact) mass is 639 g/mol. The summed E-state index contributed by atoms with van der Waals surface area (Å²) in [4.78, 5) is 73.0. The van der Waals surface area contributed by atoms with Crippen molar-refractivity contribution in [3.05, 3.63) is 29.8 Å². The highest BCUT2D eigenvalue weighted by molar-refractivity contribution is 5.99. The van der Waals surface area contributed by atoms with Gasteiger partial charge >= 0.3 is 0 Å². The molecule has 4 atom stereocenters. The number of phenolic OH excluding ortho intramolecular Hbond substituents is 1. The van der Waals surface area contributed by atoms with E-state index in [2.05, 4.69) is 26.6 Å². The molecule has 10 N–H and O–H groups in total. The maximum atomic E-state index is 12.9. The zero-order valence-electron chi connectivity index (χ0n) is 24.6.